The molecule has 0 saturated heterocycles. The molecule has 0 saturated carbocycles. The second-order valence-corrected chi connectivity index (χ2v) is 8.43. The van der Waals surface area contributed by atoms with E-state index in [0.717, 1.165) is 23.5 Å². The highest BCUT2D eigenvalue weighted by molar-refractivity contribution is 7.71. The number of nitrogens with zero attached hydrogens (tertiary/aromatic N) is 5. The zero-order chi connectivity index (χ0) is 23.1. The lowest BCUT2D eigenvalue weighted by molar-refractivity contribution is -0.132. The fourth-order valence-electron chi connectivity index (χ4n) is 3.33. The van der Waals surface area contributed by atoms with Crippen molar-refractivity contribution in [2.75, 3.05) is 27.2 Å². The van der Waals surface area contributed by atoms with Crippen molar-refractivity contribution in [1.82, 2.24) is 24.6 Å². The maximum atomic E-state index is 13.2. The Balaban J connectivity index is 1.73. The Kier molecular flexibility index (Phi) is 7.92. The van der Waals surface area contributed by atoms with Gasteiger partial charge in [0.2, 0.25) is 5.91 Å². The molecule has 1 aromatic heterocycles. The van der Waals surface area contributed by atoms with Crippen LogP contribution in [0.3, 0.4) is 0 Å². The summed E-state index contributed by atoms with van der Waals surface area (Å²) in [4.78, 5) is 17.1. The van der Waals surface area contributed by atoms with Crippen molar-refractivity contribution < 1.29 is 4.79 Å². The summed E-state index contributed by atoms with van der Waals surface area (Å²) in [5.74, 6) is 0.781. The normalized spacial score (nSPS) is 10.8. The minimum Gasteiger partial charge on any atom is -0.337 e. The largest absolute Gasteiger partial charge is 0.337 e. The molecule has 32 heavy (non-hydrogen) atoms. The van der Waals surface area contributed by atoms with E-state index in [1.54, 1.807) is 12.1 Å². The molecule has 0 radical (unpaired) electrons. The van der Waals surface area contributed by atoms with E-state index in [-0.39, 0.29) is 5.91 Å². The van der Waals surface area contributed by atoms with Gasteiger partial charge in [-0.05, 0) is 50.9 Å². The van der Waals surface area contributed by atoms with Crippen molar-refractivity contribution in [2.45, 2.75) is 26.4 Å². The molecule has 0 spiro atoms. The fraction of sp³-hybridized carbons (Fsp3) is 0.333. The SMILES string of the molecule is Cc1ccc(-c2n[nH]c(=S)n2CCC(=O)N(CCN(C)C)Cc2ccc(C#N)cc2)cc1. The first-order valence-electron chi connectivity index (χ1n) is 10.5. The van der Waals surface area contributed by atoms with Gasteiger partial charge in [-0.1, -0.05) is 42.0 Å². The summed E-state index contributed by atoms with van der Waals surface area (Å²) in [6.07, 6.45) is 0.316. The van der Waals surface area contributed by atoms with Crippen LogP contribution >= 0.6 is 12.2 Å². The third kappa shape index (κ3) is 6.13. The number of hydrogen-bond donors (Lipinski definition) is 1. The molecule has 0 aliphatic heterocycles. The van der Waals surface area contributed by atoms with Gasteiger partial charge in [0, 0.05) is 38.2 Å². The van der Waals surface area contributed by atoms with Crippen molar-refractivity contribution in [1.29, 1.82) is 5.26 Å². The molecule has 3 rings (SSSR count). The second-order valence-electron chi connectivity index (χ2n) is 8.05. The van der Waals surface area contributed by atoms with Gasteiger partial charge >= 0.3 is 0 Å². The van der Waals surface area contributed by atoms with Gasteiger partial charge in [0.15, 0.2) is 10.6 Å². The van der Waals surface area contributed by atoms with E-state index >= 15 is 0 Å². The Morgan fingerprint density at radius 2 is 1.81 bits per heavy atom. The van der Waals surface area contributed by atoms with Gasteiger partial charge in [0.05, 0.1) is 11.6 Å². The third-order valence-corrected chi connectivity index (χ3v) is 5.56. The van der Waals surface area contributed by atoms with Crippen molar-refractivity contribution in [3.63, 3.8) is 0 Å². The van der Waals surface area contributed by atoms with Crippen LogP contribution in [0.15, 0.2) is 48.5 Å². The maximum absolute atomic E-state index is 13.2. The molecule has 1 N–H and O–H groups in total. The number of amides is 1. The number of rotatable bonds is 9. The molecule has 7 nitrogen and oxygen atoms in total. The van der Waals surface area contributed by atoms with Gasteiger partial charge in [-0.3, -0.25) is 14.5 Å². The van der Waals surface area contributed by atoms with Crippen molar-refractivity contribution in [3.05, 3.63) is 70.0 Å². The molecule has 2 aromatic carbocycles. The van der Waals surface area contributed by atoms with E-state index in [4.69, 9.17) is 17.5 Å². The van der Waals surface area contributed by atoms with Gasteiger partial charge in [0.1, 0.15) is 0 Å². The predicted molar refractivity (Wildman–Crippen MR) is 127 cm³/mol. The van der Waals surface area contributed by atoms with Crippen LogP contribution in [0.2, 0.25) is 0 Å². The molecule has 0 fully saturated rings. The van der Waals surface area contributed by atoms with Crippen LogP contribution < -0.4 is 0 Å². The minimum atomic E-state index is 0.0502. The quantitative estimate of drug-likeness (QED) is 0.504. The molecule has 3 aromatic rings. The number of benzene rings is 2. The van der Waals surface area contributed by atoms with Crippen molar-refractivity contribution >= 4 is 18.1 Å². The van der Waals surface area contributed by atoms with E-state index in [1.807, 2.05) is 66.9 Å². The lowest BCUT2D eigenvalue weighted by Crippen LogP contribution is -2.36. The Bertz CT molecular complexity index is 1140. The number of likely N-dealkylation sites (N-methyl/N-ethyl adjacent to an activating group) is 1. The lowest BCUT2D eigenvalue weighted by atomic mass is 10.1. The van der Waals surface area contributed by atoms with E-state index in [0.29, 0.717) is 36.4 Å². The number of nitriles is 1. The van der Waals surface area contributed by atoms with Crippen LogP contribution in [0.4, 0.5) is 0 Å². The van der Waals surface area contributed by atoms with Crippen LogP contribution in [0.1, 0.15) is 23.1 Å². The van der Waals surface area contributed by atoms with Crippen LogP contribution in [0.5, 0.6) is 0 Å². The summed E-state index contributed by atoms with van der Waals surface area (Å²) in [7, 11) is 3.98. The first kappa shape index (κ1) is 23.4. The summed E-state index contributed by atoms with van der Waals surface area (Å²) in [6, 6.07) is 17.6. The van der Waals surface area contributed by atoms with Crippen molar-refractivity contribution in [2.24, 2.45) is 0 Å². The highest BCUT2D eigenvalue weighted by Gasteiger charge is 2.16. The van der Waals surface area contributed by atoms with Gasteiger partial charge in [-0.15, -0.1) is 0 Å². The smallest absolute Gasteiger partial charge is 0.224 e. The van der Waals surface area contributed by atoms with Crippen LogP contribution in [0.25, 0.3) is 11.4 Å². The number of nitrogens with one attached hydrogen (secondary N) is 1. The Hall–Kier alpha value is -3.28. The summed E-state index contributed by atoms with van der Waals surface area (Å²) in [5, 5.41) is 16.2. The average Bonchev–Trinajstić information content (AvgIpc) is 3.16. The lowest BCUT2D eigenvalue weighted by Gasteiger charge is -2.25. The number of hydrogen-bond acceptors (Lipinski definition) is 5. The topological polar surface area (TPSA) is 81.0 Å². The minimum absolute atomic E-state index is 0.0502. The third-order valence-electron chi connectivity index (χ3n) is 5.24. The Labute approximate surface area is 193 Å². The first-order chi connectivity index (χ1) is 15.4. The summed E-state index contributed by atoms with van der Waals surface area (Å²) >= 11 is 5.42. The molecule has 1 amide bonds. The number of carbonyl (C=O) groups is 1. The molecule has 1 heterocycles. The van der Waals surface area contributed by atoms with Gasteiger partial charge < -0.3 is 9.80 Å². The number of carbonyl (C=O) groups excluding carboxylic acids is 1. The highest BCUT2D eigenvalue weighted by Crippen LogP contribution is 2.19. The molecule has 0 aliphatic rings. The highest BCUT2D eigenvalue weighted by atomic mass is 32.1. The monoisotopic (exact) mass is 448 g/mol. The summed E-state index contributed by atoms with van der Waals surface area (Å²) in [6.45, 7) is 4.37. The first-order valence-corrected chi connectivity index (χ1v) is 10.9. The fourth-order valence-corrected chi connectivity index (χ4v) is 3.55. The zero-order valence-electron chi connectivity index (χ0n) is 18.7. The average molecular weight is 449 g/mol. The molecular weight excluding hydrogens is 420 g/mol. The molecular formula is C24H28N6OS. The Morgan fingerprint density at radius 3 is 2.44 bits per heavy atom. The molecule has 0 aliphatic carbocycles. The second kappa shape index (κ2) is 10.8. The number of H-pyrrole nitrogens is 1. The molecule has 8 heteroatoms. The van der Waals surface area contributed by atoms with Gasteiger partial charge in [-0.2, -0.15) is 10.4 Å². The number of aromatic nitrogens is 3. The summed E-state index contributed by atoms with van der Waals surface area (Å²) < 4.78 is 2.38. The van der Waals surface area contributed by atoms with E-state index < -0.39 is 0 Å². The number of aromatic amines is 1. The molecule has 0 unspecified atom stereocenters. The Morgan fingerprint density at radius 1 is 1.12 bits per heavy atom. The van der Waals surface area contributed by atoms with E-state index in [1.165, 1.54) is 5.56 Å². The molecule has 0 bridgehead atoms. The van der Waals surface area contributed by atoms with Gasteiger partial charge in [-0.25, -0.2) is 0 Å². The van der Waals surface area contributed by atoms with E-state index in [2.05, 4.69) is 21.2 Å². The van der Waals surface area contributed by atoms with Crippen LogP contribution in [0, 0.1) is 23.0 Å². The van der Waals surface area contributed by atoms with Crippen molar-refractivity contribution in [3.8, 4) is 17.5 Å². The maximum Gasteiger partial charge on any atom is 0.224 e. The molecule has 0 atom stereocenters. The van der Waals surface area contributed by atoms with E-state index in [9.17, 15) is 4.79 Å². The number of aryl methyl sites for hydroxylation is 1. The predicted octanol–water partition coefficient (Wildman–Crippen LogP) is 3.77. The van der Waals surface area contributed by atoms with Gasteiger partial charge in [0.25, 0.3) is 0 Å². The van der Waals surface area contributed by atoms with Crippen LogP contribution in [-0.4, -0.2) is 57.7 Å². The standard InChI is InChI=1S/C24H28N6OS/c1-18-4-10-21(11-5-18)23-26-27-24(32)30(23)13-12-22(31)29(15-14-28(2)3)17-20-8-6-19(16-25)7-9-20/h4-11H,12-15,17H2,1-3H3,(H,27,32). The van der Waals surface area contributed by atoms with Crippen LogP contribution in [-0.2, 0) is 17.9 Å². The zero-order valence-corrected chi connectivity index (χ0v) is 19.5. The summed E-state index contributed by atoms with van der Waals surface area (Å²) in [5.41, 5.74) is 3.73. The molecule has 166 valence electrons.